The van der Waals surface area contributed by atoms with Crippen molar-refractivity contribution >= 4 is 21.5 Å². The molecular weight excluding hydrogens is 230 g/mol. The highest BCUT2D eigenvalue weighted by Crippen LogP contribution is 2.18. The van der Waals surface area contributed by atoms with Crippen molar-refractivity contribution in [1.29, 1.82) is 0 Å². The summed E-state index contributed by atoms with van der Waals surface area (Å²) in [6.45, 7) is 1.06. The van der Waals surface area contributed by atoms with Gasteiger partial charge >= 0.3 is 5.97 Å². The van der Waals surface area contributed by atoms with Gasteiger partial charge < -0.3 is 10.5 Å². The zero-order valence-electron chi connectivity index (χ0n) is 8.84. The number of ether oxygens (including phenoxy) is 1. The molecule has 2 N–H and O–H groups in total. The summed E-state index contributed by atoms with van der Waals surface area (Å²) in [5.41, 5.74) is 5.75. The Kier molecular flexibility index (Phi) is 3.89. The molecule has 0 bridgehead atoms. The summed E-state index contributed by atoms with van der Waals surface area (Å²) in [6, 6.07) is 6.19. The number of benzene rings is 1. The van der Waals surface area contributed by atoms with Gasteiger partial charge in [-0.05, 0) is 12.1 Å². The molecule has 1 rings (SSSR count). The van der Waals surface area contributed by atoms with Crippen LogP contribution in [0.3, 0.4) is 0 Å². The molecule has 0 unspecified atom stereocenters. The molecule has 1 aromatic rings. The maximum absolute atomic E-state index is 11.8. The molecule has 0 aromatic heterocycles. The van der Waals surface area contributed by atoms with Crippen molar-refractivity contribution in [3.05, 3.63) is 24.3 Å². The molecule has 88 valence electrons. The topological polar surface area (TPSA) is 86.5 Å². The average Bonchev–Trinajstić information content (AvgIpc) is 2.17. The van der Waals surface area contributed by atoms with Gasteiger partial charge in [-0.3, -0.25) is 4.79 Å². The van der Waals surface area contributed by atoms with Crippen LogP contribution >= 0.6 is 0 Å². The maximum atomic E-state index is 11.8. The Morgan fingerprint density at radius 3 is 2.56 bits per heavy atom. The molecule has 0 atom stereocenters. The third-order valence-electron chi connectivity index (χ3n) is 1.91. The molecule has 0 saturated carbocycles. The van der Waals surface area contributed by atoms with Crippen LogP contribution in [0.1, 0.15) is 6.92 Å². The van der Waals surface area contributed by atoms with Gasteiger partial charge in [0.25, 0.3) is 0 Å². The van der Waals surface area contributed by atoms with Crippen molar-refractivity contribution in [2.45, 2.75) is 11.8 Å². The highest BCUT2D eigenvalue weighted by molar-refractivity contribution is 7.91. The fraction of sp³-hybridized carbons (Fsp3) is 0.300. The van der Waals surface area contributed by atoms with Crippen molar-refractivity contribution in [1.82, 2.24) is 0 Å². The molecule has 0 saturated heterocycles. The van der Waals surface area contributed by atoms with E-state index < -0.39 is 15.8 Å². The van der Waals surface area contributed by atoms with Gasteiger partial charge in [-0.25, -0.2) is 8.42 Å². The molecule has 0 amide bonds. The van der Waals surface area contributed by atoms with E-state index in [9.17, 15) is 13.2 Å². The first-order valence-electron chi connectivity index (χ1n) is 4.64. The summed E-state index contributed by atoms with van der Waals surface area (Å²) in [5.74, 6) is -0.767. The van der Waals surface area contributed by atoms with Crippen LogP contribution in [0.4, 0.5) is 5.69 Å². The molecule has 16 heavy (non-hydrogen) atoms. The van der Waals surface area contributed by atoms with Gasteiger partial charge in [0.1, 0.15) is 6.61 Å². The summed E-state index contributed by atoms with van der Waals surface area (Å²) in [5, 5.41) is 0. The summed E-state index contributed by atoms with van der Waals surface area (Å²) in [7, 11) is -3.49. The number of hydrogen-bond acceptors (Lipinski definition) is 5. The van der Waals surface area contributed by atoms with Crippen LogP contribution in [-0.4, -0.2) is 26.7 Å². The Morgan fingerprint density at radius 1 is 1.38 bits per heavy atom. The lowest BCUT2D eigenvalue weighted by Gasteiger charge is -2.06. The van der Waals surface area contributed by atoms with Crippen molar-refractivity contribution < 1.29 is 17.9 Å². The van der Waals surface area contributed by atoms with E-state index in [1.165, 1.54) is 19.1 Å². The smallest absolute Gasteiger partial charge is 0.302 e. The Morgan fingerprint density at radius 2 is 2.00 bits per heavy atom. The molecule has 0 heterocycles. The normalized spacial score (nSPS) is 11.1. The molecule has 0 radical (unpaired) electrons. The van der Waals surface area contributed by atoms with E-state index in [4.69, 9.17) is 5.73 Å². The lowest BCUT2D eigenvalue weighted by molar-refractivity contribution is -0.140. The second-order valence-corrected chi connectivity index (χ2v) is 5.27. The van der Waals surface area contributed by atoms with Crippen LogP contribution in [0.5, 0.6) is 0 Å². The summed E-state index contributed by atoms with van der Waals surface area (Å²) < 4.78 is 28.1. The Labute approximate surface area is 94.1 Å². The summed E-state index contributed by atoms with van der Waals surface area (Å²) >= 11 is 0. The van der Waals surface area contributed by atoms with Crippen molar-refractivity contribution in [3.63, 3.8) is 0 Å². The van der Waals surface area contributed by atoms with E-state index in [0.717, 1.165) is 0 Å². The highest BCUT2D eigenvalue weighted by atomic mass is 32.2. The number of nitrogens with two attached hydrogens (primary N) is 1. The molecule has 0 aliphatic rings. The molecule has 1 aromatic carbocycles. The van der Waals surface area contributed by atoms with Crippen LogP contribution in [0.25, 0.3) is 0 Å². The molecule has 0 fully saturated rings. The maximum Gasteiger partial charge on any atom is 0.302 e. The third-order valence-corrected chi connectivity index (χ3v) is 3.66. The van der Waals surface area contributed by atoms with Crippen LogP contribution in [-0.2, 0) is 19.4 Å². The monoisotopic (exact) mass is 243 g/mol. The van der Waals surface area contributed by atoms with Crippen LogP contribution < -0.4 is 5.73 Å². The number of hydrogen-bond donors (Lipinski definition) is 1. The number of nitrogen functional groups attached to an aromatic ring is 1. The number of esters is 1. The minimum absolute atomic E-state index is 0.0714. The van der Waals surface area contributed by atoms with Gasteiger partial charge in [0, 0.05) is 6.92 Å². The standard InChI is InChI=1S/C10H13NO4S/c1-8(12)15-6-7-16(13,14)10-5-3-2-4-9(10)11/h2-5H,6-7,11H2,1H3. The Bertz CT molecular complexity index is 481. The van der Waals surface area contributed by atoms with E-state index in [1.807, 2.05) is 0 Å². The number of rotatable bonds is 4. The van der Waals surface area contributed by atoms with Crippen LogP contribution in [0.15, 0.2) is 29.2 Å². The molecule has 0 aliphatic heterocycles. The molecule has 0 aliphatic carbocycles. The number of carbonyl (C=O) groups is 1. The van der Waals surface area contributed by atoms with Gasteiger partial charge in [-0.15, -0.1) is 0 Å². The Balaban J connectivity index is 2.79. The van der Waals surface area contributed by atoms with Crippen molar-refractivity contribution in [3.8, 4) is 0 Å². The predicted octanol–water partition coefficient (Wildman–Crippen LogP) is 0.606. The van der Waals surface area contributed by atoms with E-state index in [1.54, 1.807) is 12.1 Å². The minimum atomic E-state index is -3.49. The lowest BCUT2D eigenvalue weighted by Crippen LogP contribution is -2.15. The van der Waals surface area contributed by atoms with Gasteiger partial charge in [0.05, 0.1) is 16.3 Å². The SMILES string of the molecule is CC(=O)OCCS(=O)(=O)c1ccccc1N. The lowest BCUT2D eigenvalue weighted by atomic mass is 10.3. The first kappa shape index (κ1) is 12.5. The van der Waals surface area contributed by atoms with Crippen molar-refractivity contribution in [2.24, 2.45) is 0 Å². The molecule has 6 heteroatoms. The molecule has 0 spiro atoms. The van der Waals surface area contributed by atoms with E-state index in [0.29, 0.717) is 0 Å². The fourth-order valence-electron chi connectivity index (χ4n) is 1.17. The van der Waals surface area contributed by atoms with E-state index >= 15 is 0 Å². The van der Waals surface area contributed by atoms with Gasteiger partial charge in [-0.1, -0.05) is 12.1 Å². The second-order valence-electron chi connectivity index (χ2n) is 3.20. The quantitative estimate of drug-likeness (QED) is 0.618. The third kappa shape index (κ3) is 3.23. The highest BCUT2D eigenvalue weighted by Gasteiger charge is 2.17. The molecule has 5 nitrogen and oxygen atoms in total. The predicted molar refractivity (Wildman–Crippen MR) is 59.5 cm³/mol. The number of anilines is 1. The zero-order chi connectivity index (χ0) is 12.2. The zero-order valence-corrected chi connectivity index (χ0v) is 9.66. The Hall–Kier alpha value is -1.56. The molecular formula is C10H13NO4S. The van der Waals surface area contributed by atoms with Gasteiger partial charge in [0.2, 0.25) is 0 Å². The summed E-state index contributed by atoms with van der Waals surface area (Å²) in [6.07, 6.45) is 0. The van der Waals surface area contributed by atoms with E-state index in [-0.39, 0.29) is 22.9 Å². The fourth-order valence-corrected chi connectivity index (χ4v) is 2.40. The van der Waals surface area contributed by atoms with Crippen molar-refractivity contribution in [2.75, 3.05) is 18.1 Å². The largest absolute Gasteiger partial charge is 0.465 e. The average molecular weight is 243 g/mol. The van der Waals surface area contributed by atoms with Crippen LogP contribution in [0.2, 0.25) is 0 Å². The number of sulfone groups is 1. The van der Waals surface area contributed by atoms with Crippen LogP contribution in [0, 0.1) is 0 Å². The summed E-state index contributed by atoms with van der Waals surface area (Å²) in [4.78, 5) is 10.6. The van der Waals surface area contributed by atoms with Gasteiger partial charge in [-0.2, -0.15) is 0 Å². The minimum Gasteiger partial charge on any atom is -0.465 e. The first-order valence-corrected chi connectivity index (χ1v) is 6.29. The second kappa shape index (κ2) is 4.98. The van der Waals surface area contributed by atoms with E-state index in [2.05, 4.69) is 4.74 Å². The first-order chi connectivity index (χ1) is 7.43. The number of carbonyl (C=O) groups excluding carboxylic acids is 1. The van der Waals surface area contributed by atoms with Gasteiger partial charge in [0.15, 0.2) is 9.84 Å². The number of para-hydroxylation sites is 1.